The highest BCUT2D eigenvalue weighted by atomic mass is 16.6. The Morgan fingerprint density at radius 2 is 1.65 bits per heavy atom. The molecular weight excluding hydrogens is 660 g/mol. The molecule has 4 aromatic heterocycles. The molecule has 1 unspecified atom stereocenters. The lowest BCUT2D eigenvalue weighted by Crippen LogP contribution is -2.38. The number of nitro groups is 1. The van der Waals surface area contributed by atoms with E-state index in [1.165, 1.54) is 10.8 Å². The molecule has 0 radical (unpaired) electrons. The van der Waals surface area contributed by atoms with Crippen molar-refractivity contribution in [1.82, 2.24) is 34.4 Å². The first-order valence-corrected chi connectivity index (χ1v) is 17.5. The van der Waals surface area contributed by atoms with E-state index >= 15 is 0 Å². The van der Waals surface area contributed by atoms with Crippen LogP contribution in [0.4, 0.5) is 17.7 Å². The molecule has 3 aliphatic rings. The molecule has 6 heterocycles. The van der Waals surface area contributed by atoms with Gasteiger partial charge in [0.2, 0.25) is 11.8 Å². The number of fused-ring (bicyclic) bond motifs is 1. The Kier molecular flexibility index (Phi) is 10.8. The maximum atomic E-state index is 11.3. The topological polar surface area (TPSA) is 177 Å². The van der Waals surface area contributed by atoms with Gasteiger partial charge < -0.3 is 44.0 Å². The van der Waals surface area contributed by atoms with Gasteiger partial charge in [-0.2, -0.15) is 4.98 Å². The normalized spacial score (nSPS) is 20.5. The van der Waals surface area contributed by atoms with Crippen molar-refractivity contribution in [1.29, 1.82) is 0 Å². The summed E-state index contributed by atoms with van der Waals surface area (Å²) in [6, 6.07) is 4.05. The van der Waals surface area contributed by atoms with Gasteiger partial charge in [-0.05, 0) is 43.6 Å². The van der Waals surface area contributed by atoms with Crippen LogP contribution in [0.5, 0.6) is 17.4 Å². The molecule has 0 bridgehead atoms. The lowest BCUT2D eigenvalue weighted by atomic mass is 9.93. The van der Waals surface area contributed by atoms with Crippen LogP contribution in [0.1, 0.15) is 44.4 Å². The summed E-state index contributed by atoms with van der Waals surface area (Å²) in [5, 5.41) is 15.5. The van der Waals surface area contributed by atoms with Crippen LogP contribution in [-0.4, -0.2) is 117 Å². The number of morpholine rings is 2. The van der Waals surface area contributed by atoms with Crippen molar-refractivity contribution in [3.05, 3.63) is 52.7 Å². The highest BCUT2D eigenvalue weighted by molar-refractivity contribution is 5.87. The van der Waals surface area contributed by atoms with Crippen LogP contribution in [0.15, 0.2) is 36.9 Å². The Hall–Kier alpha value is -4.87. The number of rotatable bonds is 13. The third kappa shape index (κ3) is 8.54. The minimum Gasteiger partial charge on any atom is -0.489 e. The summed E-state index contributed by atoms with van der Waals surface area (Å²) in [6.45, 7) is 9.38. The Bertz CT molecular complexity index is 1770. The van der Waals surface area contributed by atoms with Gasteiger partial charge in [-0.15, -0.1) is 0 Å². The predicted octanol–water partition coefficient (Wildman–Crippen LogP) is 3.55. The number of anilines is 2. The monoisotopic (exact) mass is 704 g/mol. The highest BCUT2D eigenvalue weighted by Crippen LogP contribution is 2.34. The molecule has 0 spiro atoms. The maximum absolute atomic E-state index is 11.3. The number of aromatic nitrogens is 6. The Labute approximate surface area is 295 Å². The summed E-state index contributed by atoms with van der Waals surface area (Å²) in [7, 11) is 1.60. The molecule has 51 heavy (non-hydrogen) atoms. The molecule has 4 aromatic rings. The molecular formula is C34H44N10O7. The Morgan fingerprint density at radius 3 is 2.35 bits per heavy atom. The van der Waals surface area contributed by atoms with Crippen molar-refractivity contribution in [2.24, 2.45) is 7.05 Å². The zero-order valence-electron chi connectivity index (χ0n) is 29.0. The largest absolute Gasteiger partial charge is 0.489 e. The summed E-state index contributed by atoms with van der Waals surface area (Å²) in [5.74, 6) is 2.77. The molecule has 1 N–H and O–H groups in total. The summed E-state index contributed by atoms with van der Waals surface area (Å²) in [4.78, 5) is 37.9. The first-order valence-electron chi connectivity index (χ1n) is 17.5. The molecule has 3 fully saturated rings. The second-order valence-corrected chi connectivity index (χ2v) is 13.0. The second-order valence-electron chi connectivity index (χ2n) is 13.0. The molecule has 0 aromatic carbocycles. The Morgan fingerprint density at radius 1 is 0.941 bits per heavy atom. The first-order chi connectivity index (χ1) is 24.9. The van der Waals surface area contributed by atoms with Gasteiger partial charge in [0, 0.05) is 44.8 Å². The molecule has 17 nitrogen and oxygen atoms in total. The number of pyridine rings is 2. The average Bonchev–Trinajstić information content (AvgIpc) is 3.55. The molecule has 1 saturated carbocycles. The van der Waals surface area contributed by atoms with Crippen LogP contribution in [0.25, 0.3) is 10.9 Å². The van der Waals surface area contributed by atoms with E-state index in [-0.39, 0.29) is 18.1 Å². The summed E-state index contributed by atoms with van der Waals surface area (Å²) < 4.78 is 31.1. The van der Waals surface area contributed by atoms with Gasteiger partial charge in [0.15, 0.2) is 17.5 Å². The number of nitrogens with zero attached hydrogens (tertiary/aromatic N) is 9. The van der Waals surface area contributed by atoms with Crippen LogP contribution in [0.2, 0.25) is 0 Å². The zero-order valence-corrected chi connectivity index (χ0v) is 29.0. The van der Waals surface area contributed by atoms with Crippen molar-refractivity contribution in [2.45, 2.75) is 50.9 Å². The smallest absolute Gasteiger partial charge is 0.434 e. The van der Waals surface area contributed by atoms with E-state index in [0.717, 1.165) is 88.3 Å². The van der Waals surface area contributed by atoms with Gasteiger partial charge in [-0.1, -0.05) is 4.98 Å². The van der Waals surface area contributed by atoms with Crippen LogP contribution >= 0.6 is 0 Å². The fourth-order valence-electron chi connectivity index (χ4n) is 6.64. The molecule has 2 aliphatic heterocycles. The molecule has 0 amide bonds. The molecule has 1 aliphatic carbocycles. The van der Waals surface area contributed by atoms with Crippen LogP contribution < -0.4 is 24.4 Å². The predicted molar refractivity (Wildman–Crippen MR) is 187 cm³/mol. The minimum absolute atomic E-state index is 0.0414. The SMILES string of the molecule is CC(Oc1cnc2cc(N3CCOCC3)nc(O[C@H]3CC[C@@H](Nc4ncc(OCCN5CCOCC5)cn4)CC3)c2c1)c1cnc([N+](=O)[O-])n1C. The van der Waals surface area contributed by atoms with Crippen molar-refractivity contribution in [2.75, 3.05) is 76.0 Å². The number of ether oxygens (including phenoxy) is 5. The average molecular weight is 705 g/mol. The Balaban J connectivity index is 0.989. The molecule has 7 rings (SSSR count). The van der Waals surface area contributed by atoms with E-state index in [2.05, 4.69) is 30.1 Å². The molecule has 272 valence electrons. The quantitative estimate of drug-likeness (QED) is 0.158. The maximum Gasteiger partial charge on any atom is 0.434 e. The third-order valence-corrected chi connectivity index (χ3v) is 9.53. The van der Waals surface area contributed by atoms with E-state index in [1.807, 2.05) is 19.1 Å². The lowest BCUT2D eigenvalue weighted by Gasteiger charge is -2.31. The molecule has 2 saturated heterocycles. The third-order valence-electron chi connectivity index (χ3n) is 9.53. The lowest BCUT2D eigenvalue weighted by molar-refractivity contribution is -0.396. The number of imidazole rings is 1. The van der Waals surface area contributed by atoms with E-state index < -0.39 is 11.0 Å². The van der Waals surface area contributed by atoms with Crippen LogP contribution in [-0.2, 0) is 16.5 Å². The standard InChI is InChI=1S/C34H44N10O7/c1-23(30-22-38-34(41(30)2)44(45)46)50-26-17-28-29(35-19-26)18-31(43-10-14-48-15-11-43)40-32(28)51-25-5-3-24(4-6-25)39-33-36-20-27(21-37-33)49-16-9-42-7-12-47-13-8-42/h17-25H,3-16H2,1-2H3,(H,36,37,39)/t23?,24-,25+. The van der Waals surface area contributed by atoms with Crippen LogP contribution in [0.3, 0.4) is 0 Å². The summed E-state index contributed by atoms with van der Waals surface area (Å²) in [5.41, 5.74) is 1.30. The van der Waals surface area contributed by atoms with Crippen molar-refractivity contribution >= 4 is 28.6 Å². The van der Waals surface area contributed by atoms with Crippen LogP contribution in [0, 0.1) is 10.1 Å². The molecule has 17 heteroatoms. The van der Waals surface area contributed by atoms with Gasteiger partial charge >= 0.3 is 5.95 Å². The first kappa shape index (κ1) is 34.6. The summed E-state index contributed by atoms with van der Waals surface area (Å²) in [6.07, 6.45) is 9.40. The van der Waals surface area contributed by atoms with E-state index in [4.69, 9.17) is 33.7 Å². The van der Waals surface area contributed by atoms with Gasteiger partial charge in [-0.3, -0.25) is 9.88 Å². The minimum atomic E-state index is -0.519. The van der Waals surface area contributed by atoms with Crippen molar-refractivity contribution < 1.29 is 28.6 Å². The second kappa shape index (κ2) is 16.0. The molecule has 1 atom stereocenters. The fourth-order valence-corrected chi connectivity index (χ4v) is 6.64. The van der Waals surface area contributed by atoms with Gasteiger partial charge in [0.25, 0.3) is 0 Å². The van der Waals surface area contributed by atoms with Crippen molar-refractivity contribution in [3.8, 4) is 17.4 Å². The van der Waals surface area contributed by atoms with E-state index in [9.17, 15) is 10.1 Å². The number of hydrogen-bond acceptors (Lipinski definition) is 15. The number of hydrogen-bond donors (Lipinski definition) is 1. The fraction of sp³-hybridized carbons (Fsp3) is 0.559. The van der Waals surface area contributed by atoms with E-state index in [0.29, 0.717) is 48.8 Å². The van der Waals surface area contributed by atoms with E-state index in [1.54, 1.807) is 25.6 Å². The summed E-state index contributed by atoms with van der Waals surface area (Å²) >= 11 is 0. The number of nitrogens with one attached hydrogen (secondary N) is 1. The van der Waals surface area contributed by atoms with Gasteiger partial charge in [0.1, 0.15) is 30.5 Å². The van der Waals surface area contributed by atoms with Gasteiger partial charge in [0.05, 0.1) is 63.0 Å². The highest BCUT2D eigenvalue weighted by Gasteiger charge is 2.27. The van der Waals surface area contributed by atoms with Crippen molar-refractivity contribution in [3.63, 3.8) is 0 Å². The van der Waals surface area contributed by atoms with Gasteiger partial charge in [-0.25, -0.2) is 14.5 Å². The zero-order chi connectivity index (χ0) is 35.2.